The molecule has 0 amide bonds. The molecule has 0 saturated heterocycles. The van der Waals surface area contributed by atoms with Gasteiger partial charge in [-0.15, -0.1) is 0 Å². The van der Waals surface area contributed by atoms with Crippen LogP contribution in [0.25, 0.3) is 11.3 Å². The smallest absolute Gasteiger partial charge is 0.260 e. The van der Waals surface area contributed by atoms with E-state index in [0.29, 0.717) is 28.3 Å². The Morgan fingerprint density at radius 1 is 1.29 bits per heavy atom. The molecule has 2 aromatic rings. The van der Waals surface area contributed by atoms with Crippen molar-refractivity contribution in [2.75, 3.05) is 23.5 Å². The minimum Gasteiger partial charge on any atom is -0.384 e. The third-order valence-corrected chi connectivity index (χ3v) is 6.89. The molecule has 5 rings (SSSR count). The zero-order chi connectivity index (χ0) is 21.9. The highest BCUT2D eigenvalue weighted by molar-refractivity contribution is 7.91. The molecule has 31 heavy (non-hydrogen) atoms. The molecule has 9 heteroatoms. The van der Waals surface area contributed by atoms with Crippen molar-refractivity contribution in [3.8, 4) is 0 Å². The first-order chi connectivity index (χ1) is 14.7. The van der Waals surface area contributed by atoms with Crippen molar-refractivity contribution in [3.63, 3.8) is 0 Å². The summed E-state index contributed by atoms with van der Waals surface area (Å²) in [6.45, 7) is 0.688. The van der Waals surface area contributed by atoms with E-state index in [1.165, 1.54) is 10.8 Å². The molecule has 0 fully saturated rings. The Labute approximate surface area is 185 Å². The molecular weight excluding hydrogens is 436 g/mol. The van der Waals surface area contributed by atoms with E-state index in [4.69, 9.17) is 11.6 Å². The Balaban J connectivity index is 1.77. The van der Waals surface area contributed by atoms with Gasteiger partial charge in [0.2, 0.25) is 0 Å². The standard InChI is InChI=1S/C22H21ClN4O3S/c1-26-8-6-16-14(12-31(2,29)30)9-13-11-27(18-4-3-15(23)10-25-18)17-5-7-24-21(19(13)17)20(16)22(26)28/h3-4,6,8-11,17,24H,5,7,12H2,1-2H3. The van der Waals surface area contributed by atoms with E-state index in [2.05, 4.69) is 15.2 Å². The zero-order valence-electron chi connectivity index (χ0n) is 17.1. The monoisotopic (exact) mass is 456 g/mol. The first-order valence-corrected chi connectivity index (χ1v) is 12.4. The first-order valence-electron chi connectivity index (χ1n) is 9.92. The molecule has 1 N–H and O–H groups in total. The first kappa shape index (κ1) is 20.1. The van der Waals surface area contributed by atoms with Gasteiger partial charge < -0.3 is 14.8 Å². The molecule has 0 saturated carbocycles. The number of nitrogens with one attached hydrogen (secondary N) is 1. The maximum absolute atomic E-state index is 13.2. The normalized spacial score (nSPS) is 19.8. The number of pyridine rings is 2. The Morgan fingerprint density at radius 2 is 2.10 bits per heavy atom. The Hall–Kier alpha value is -2.84. The summed E-state index contributed by atoms with van der Waals surface area (Å²) in [6, 6.07) is 5.47. The van der Waals surface area contributed by atoms with E-state index < -0.39 is 9.84 Å². The largest absolute Gasteiger partial charge is 0.384 e. The molecule has 1 atom stereocenters. The fourth-order valence-corrected chi connectivity index (χ4v) is 5.47. The van der Waals surface area contributed by atoms with E-state index in [1.807, 2.05) is 24.4 Å². The van der Waals surface area contributed by atoms with Gasteiger partial charge in [0.25, 0.3) is 5.56 Å². The number of nitrogens with zero attached hydrogens (tertiary/aromatic N) is 3. The van der Waals surface area contributed by atoms with Gasteiger partial charge in [0, 0.05) is 44.0 Å². The number of fused-ring (bicyclic) bond motifs is 2. The second-order valence-electron chi connectivity index (χ2n) is 8.11. The number of allylic oxidation sites excluding steroid dienone is 1. The Morgan fingerprint density at radius 3 is 2.81 bits per heavy atom. The van der Waals surface area contributed by atoms with Crippen LogP contribution < -0.4 is 15.8 Å². The van der Waals surface area contributed by atoms with Crippen LogP contribution in [0.1, 0.15) is 17.5 Å². The van der Waals surface area contributed by atoms with Crippen LogP contribution in [-0.4, -0.2) is 42.6 Å². The van der Waals surface area contributed by atoms with Crippen molar-refractivity contribution in [2.24, 2.45) is 7.05 Å². The van der Waals surface area contributed by atoms with Crippen LogP contribution in [0.4, 0.5) is 5.82 Å². The zero-order valence-corrected chi connectivity index (χ0v) is 18.7. The summed E-state index contributed by atoms with van der Waals surface area (Å²) in [4.78, 5) is 19.8. The molecule has 0 aromatic carbocycles. The number of aromatic nitrogens is 2. The van der Waals surface area contributed by atoms with Crippen LogP contribution in [0.2, 0.25) is 5.02 Å². The minimum atomic E-state index is -3.31. The van der Waals surface area contributed by atoms with Gasteiger partial charge in [-0.05, 0) is 47.4 Å². The van der Waals surface area contributed by atoms with Crippen LogP contribution in [0.5, 0.6) is 0 Å². The average molecular weight is 457 g/mol. The lowest BCUT2D eigenvalue weighted by Crippen LogP contribution is -2.39. The fourth-order valence-electron chi connectivity index (χ4n) is 4.55. The van der Waals surface area contributed by atoms with E-state index in [9.17, 15) is 13.2 Å². The molecule has 1 unspecified atom stereocenters. The van der Waals surface area contributed by atoms with Gasteiger partial charge in [0.1, 0.15) is 5.82 Å². The van der Waals surface area contributed by atoms with Crippen molar-refractivity contribution >= 4 is 38.5 Å². The molecule has 0 radical (unpaired) electrons. The number of hydrogen-bond acceptors (Lipinski definition) is 6. The Kier molecular flexibility index (Phi) is 4.60. The van der Waals surface area contributed by atoms with Crippen molar-refractivity contribution in [1.82, 2.24) is 14.9 Å². The summed E-state index contributed by atoms with van der Waals surface area (Å²) in [5.74, 6) is 0.609. The van der Waals surface area contributed by atoms with Crippen LogP contribution in [0.15, 0.2) is 58.8 Å². The second kappa shape index (κ2) is 7.10. The summed E-state index contributed by atoms with van der Waals surface area (Å²) < 4.78 is 25.9. The van der Waals surface area contributed by atoms with Gasteiger partial charge in [0.05, 0.1) is 28.1 Å². The second-order valence-corrected chi connectivity index (χ2v) is 10.7. The van der Waals surface area contributed by atoms with Crippen LogP contribution in [-0.2, 0) is 16.9 Å². The van der Waals surface area contributed by atoms with Crippen molar-refractivity contribution in [1.29, 1.82) is 0 Å². The molecule has 3 aliphatic rings. The lowest BCUT2D eigenvalue weighted by molar-refractivity contribution is 0.605. The molecule has 1 aliphatic carbocycles. The lowest BCUT2D eigenvalue weighted by atomic mass is 9.92. The number of halogens is 1. The Bertz CT molecular complexity index is 1350. The summed E-state index contributed by atoms with van der Waals surface area (Å²) in [7, 11) is -1.61. The number of anilines is 1. The predicted molar refractivity (Wildman–Crippen MR) is 123 cm³/mol. The average Bonchev–Trinajstić information content (AvgIpc) is 3.01. The van der Waals surface area contributed by atoms with Crippen LogP contribution in [0.3, 0.4) is 0 Å². The molecule has 7 nitrogen and oxygen atoms in total. The summed E-state index contributed by atoms with van der Waals surface area (Å²) in [5.41, 5.74) is 4.30. The minimum absolute atomic E-state index is 0.00785. The number of rotatable bonds is 3. The molecule has 160 valence electrons. The fraction of sp³-hybridized carbons (Fsp3) is 0.273. The number of sulfone groups is 1. The quantitative estimate of drug-likeness (QED) is 0.763. The third-order valence-electron chi connectivity index (χ3n) is 5.84. The topological polar surface area (TPSA) is 84.3 Å². The van der Waals surface area contributed by atoms with Crippen molar-refractivity contribution < 1.29 is 8.42 Å². The highest BCUT2D eigenvalue weighted by Gasteiger charge is 2.39. The molecule has 4 heterocycles. The number of aryl methyl sites for hydroxylation is 1. The molecular formula is C22H21ClN4O3S. The maximum atomic E-state index is 13.2. The predicted octanol–water partition coefficient (Wildman–Crippen LogP) is 2.35. The third kappa shape index (κ3) is 3.40. The van der Waals surface area contributed by atoms with Crippen LogP contribution in [0, 0.1) is 0 Å². The van der Waals surface area contributed by atoms with Gasteiger partial charge in [-0.1, -0.05) is 11.6 Å². The van der Waals surface area contributed by atoms with E-state index in [0.717, 1.165) is 29.1 Å². The molecule has 0 spiro atoms. The lowest BCUT2D eigenvalue weighted by Gasteiger charge is -2.31. The van der Waals surface area contributed by atoms with E-state index in [1.54, 1.807) is 25.5 Å². The molecule has 2 aromatic heterocycles. The van der Waals surface area contributed by atoms with E-state index in [-0.39, 0.29) is 17.4 Å². The van der Waals surface area contributed by atoms with Gasteiger partial charge in [-0.3, -0.25) is 4.79 Å². The maximum Gasteiger partial charge on any atom is 0.260 e. The van der Waals surface area contributed by atoms with Gasteiger partial charge >= 0.3 is 0 Å². The van der Waals surface area contributed by atoms with Crippen LogP contribution >= 0.6 is 11.6 Å². The van der Waals surface area contributed by atoms with Crippen molar-refractivity contribution in [3.05, 3.63) is 80.5 Å². The van der Waals surface area contributed by atoms with Crippen molar-refractivity contribution in [2.45, 2.75) is 12.5 Å². The van der Waals surface area contributed by atoms with Gasteiger partial charge in [0.15, 0.2) is 9.84 Å². The van der Waals surface area contributed by atoms with Gasteiger partial charge in [-0.2, -0.15) is 0 Å². The highest BCUT2D eigenvalue weighted by atomic mass is 35.5. The molecule has 2 aliphatic heterocycles. The number of hydrogen-bond donors (Lipinski definition) is 1. The summed E-state index contributed by atoms with van der Waals surface area (Å²) in [6.07, 6.45) is 9.21. The van der Waals surface area contributed by atoms with E-state index >= 15 is 0 Å². The van der Waals surface area contributed by atoms with Gasteiger partial charge in [-0.25, -0.2) is 13.4 Å². The highest BCUT2D eigenvalue weighted by Crippen LogP contribution is 2.43. The summed E-state index contributed by atoms with van der Waals surface area (Å²) >= 11 is 6.02. The summed E-state index contributed by atoms with van der Waals surface area (Å²) in [5, 5.41) is 3.98. The SMILES string of the molecule is Cn1ccc2c(c1=O)C1=C3C(=CN(c4ccc(Cl)cn4)C3CCN1)C=C2CS(C)(=O)=O. The molecule has 0 bridgehead atoms.